The Morgan fingerprint density at radius 2 is 1.64 bits per heavy atom. The first-order valence-electron chi connectivity index (χ1n) is 8.27. The molecule has 4 nitrogen and oxygen atoms in total. The molecule has 0 N–H and O–H groups in total. The number of rotatable bonds is 10. The predicted octanol–water partition coefficient (Wildman–Crippen LogP) is 5.23. The van der Waals surface area contributed by atoms with Crippen LogP contribution in [0.1, 0.15) is 44.6 Å². The Bertz CT molecular complexity index is 529. The van der Waals surface area contributed by atoms with Crippen LogP contribution in [-0.2, 0) is 25.7 Å². The van der Waals surface area contributed by atoms with E-state index in [0.717, 1.165) is 31.2 Å². The zero-order valence-corrected chi connectivity index (χ0v) is 16.4. The summed E-state index contributed by atoms with van der Waals surface area (Å²) in [6, 6.07) is 9.24. The molecule has 0 aliphatic heterocycles. The van der Waals surface area contributed by atoms with Crippen molar-refractivity contribution >= 4 is 46.7 Å². The molecule has 0 bridgehead atoms. The topological polar surface area (TPSA) is 52.6 Å². The zero-order valence-electron chi connectivity index (χ0n) is 14.2. The molecule has 0 aliphatic carbocycles. The van der Waals surface area contributed by atoms with Gasteiger partial charge in [-0.1, -0.05) is 97.7 Å². The number of ether oxygens (including phenoxy) is 2. The van der Waals surface area contributed by atoms with Crippen LogP contribution in [0.3, 0.4) is 0 Å². The number of alkyl halides is 3. The maximum atomic E-state index is 12.3. The summed E-state index contributed by atoms with van der Waals surface area (Å²) in [4.78, 5) is 24.5. The highest BCUT2D eigenvalue weighted by Gasteiger charge is 2.32. The van der Waals surface area contributed by atoms with Crippen molar-refractivity contribution in [1.82, 2.24) is 0 Å². The van der Waals surface area contributed by atoms with Crippen LogP contribution in [-0.4, -0.2) is 22.3 Å². The Kier molecular flexibility index (Phi) is 10.2. The average molecular weight is 410 g/mol. The average Bonchev–Trinajstić information content (AvgIpc) is 2.58. The Hall–Kier alpha value is -0.970. The minimum Gasteiger partial charge on any atom is -0.460 e. The van der Waals surface area contributed by atoms with Crippen molar-refractivity contribution in [3.05, 3.63) is 35.9 Å². The predicted molar refractivity (Wildman–Crippen MR) is 99.7 cm³/mol. The molecule has 7 heteroatoms. The molecule has 1 aromatic carbocycles. The fourth-order valence-electron chi connectivity index (χ4n) is 2.19. The summed E-state index contributed by atoms with van der Waals surface area (Å²) in [6.45, 7) is 1.78. The van der Waals surface area contributed by atoms with Crippen molar-refractivity contribution in [2.45, 2.75) is 49.4 Å². The molecule has 0 aliphatic rings. The number of carbonyl (C=O) groups is 2. The quantitative estimate of drug-likeness (QED) is 0.230. The van der Waals surface area contributed by atoms with Crippen molar-refractivity contribution in [2.24, 2.45) is 5.92 Å². The molecule has 25 heavy (non-hydrogen) atoms. The number of hydrogen-bond donors (Lipinski definition) is 0. The summed E-state index contributed by atoms with van der Waals surface area (Å²) in [7, 11) is 0. The van der Waals surface area contributed by atoms with E-state index < -0.39 is 28.3 Å². The molecule has 0 radical (unpaired) electrons. The third-order valence-corrected chi connectivity index (χ3v) is 3.84. The van der Waals surface area contributed by atoms with Gasteiger partial charge in [-0.3, -0.25) is 9.59 Å². The molecule has 1 rings (SSSR count). The lowest BCUT2D eigenvalue weighted by molar-refractivity contribution is -0.163. The van der Waals surface area contributed by atoms with Crippen LogP contribution in [0.5, 0.6) is 0 Å². The van der Waals surface area contributed by atoms with Gasteiger partial charge in [-0.2, -0.15) is 0 Å². The first-order chi connectivity index (χ1) is 11.8. The molecule has 0 fully saturated rings. The molecule has 0 saturated heterocycles. The van der Waals surface area contributed by atoms with E-state index in [1.165, 1.54) is 0 Å². The molecule has 0 amide bonds. The van der Waals surface area contributed by atoms with Crippen molar-refractivity contribution in [3.63, 3.8) is 0 Å². The third kappa shape index (κ3) is 9.93. The van der Waals surface area contributed by atoms with E-state index >= 15 is 0 Å². The molecular formula is C18H23Cl3O4. The van der Waals surface area contributed by atoms with E-state index in [2.05, 4.69) is 6.92 Å². The van der Waals surface area contributed by atoms with Gasteiger partial charge in [-0.05, 0) is 12.0 Å². The normalized spacial score (nSPS) is 12.5. The number of benzene rings is 1. The van der Waals surface area contributed by atoms with Crippen LogP contribution in [0.4, 0.5) is 0 Å². The van der Waals surface area contributed by atoms with E-state index in [-0.39, 0.29) is 6.61 Å². The summed E-state index contributed by atoms with van der Waals surface area (Å²) >= 11 is 16.8. The lowest BCUT2D eigenvalue weighted by atomic mass is 10.0. The van der Waals surface area contributed by atoms with E-state index in [1.54, 1.807) is 0 Å². The number of halogens is 3. The van der Waals surface area contributed by atoms with E-state index in [1.807, 2.05) is 30.3 Å². The van der Waals surface area contributed by atoms with Crippen LogP contribution in [0, 0.1) is 5.92 Å². The van der Waals surface area contributed by atoms with Crippen LogP contribution in [0.25, 0.3) is 0 Å². The Morgan fingerprint density at radius 1 is 1.00 bits per heavy atom. The van der Waals surface area contributed by atoms with Crippen LogP contribution < -0.4 is 0 Å². The second-order valence-corrected chi connectivity index (χ2v) is 8.23. The van der Waals surface area contributed by atoms with Crippen molar-refractivity contribution in [1.29, 1.82) is 0 Å². The highest BCUT2D eigenvalue weighted by atomic mass is 35.6. The number of hydrogen-bond acceptors (Lipinski definition) is 4. The largest absolute Gasteiger partial charge is 0.460 e. The smallest absolute Gasteiger partial charge is 0.320 e. The summed E-state index contributed by atoms with van der Waals surface area (Å²) in [5, 5.41) is 0. The van der Waals surface area contributed by atoms with Gasteiger partial charge in [-0.15, -0.1) is 0 Å². The molecule has 1 aromatic rings. The van der Waals surface area contributed by atoms with Gasteiger partial charge in [-0.25, -0.2) is 0 Å². The van der Waals surface area contributed by atoms with Gasteiger partial charge < -0.3 is 9.47 Å². The van der Waals surface area contributed by atoms with Crippen molar-refractivity contribution in [3.8, 4) is 0 Å². The molecule has 0 aromatic heterocycles. The van der Waals surface area contributed by atoms with Gasteiger partial charge in [0.05, 0.1) is 0 Å². The first kappa shape index (κ1) is 22.1. The van der Waals surface area contributed by atoms with E-state index in [9.17, 15) is 9.59 Å². The van der Waals surface area contributed by atoms with Gasteiger partial charge in [0.2, 0.25) is 3.79 Å². The van der Waals surface area contributed by atoms with E-state index in [0.29, 0.717) is 6.42 Å². The second kappa shape index (κ2) is 11.6. The fourth-order valence-corrected chi connectivity index (χ4v) is 2.35. The van der Waals surface area contributed by atoms with Gasteiger partial charge in [0.1, 0.15) is 13.2 Å². The van der Waals surface area contributed by atoms with Crippen LogP contribution >= 0.6 is 34.8 Å². The zero-order chi connectivity index (χ0) is 18.7. The Balaban J connectivity index is 2.61. The van der Waals surface area contributed by atoms with Crippen molar-refractivity contribution < 1.29 is 19.1 Å². The second-order valence-electron chi connectivity index (χ2n) is 5.72. The monoisotopic (exact) mass is 408 g/mol. The standard InChI is InChI=1S/C18H23Cl3O4/c1-2-3-4-8-11-15(17(23)25-13-18(19,20)21)16(22)24-12-14-9-6-5-7-10-14/h5-7,9-10,15H,2-4,8,11-13H2,1H3. The van der Waals surface area contributed by atoms with E-state index in [4.69, 9.17) is 44.3 Å². The molecule has 0 saturated carbocycles. The summed E-state index contributed by atoms with van der Waals surface area (Å²) in [6.07, 6.45) is 4.10. The van der Waals surface area contributed by atoms with Gasteiger partial charge in [0, 0.05) is 0 Å². The number of esters is 2. The lowest BCUT2D eigenvalue weighted by Gasteiger charge is -2.17. The minimum atomic E-state index is -1.71. The molecule has 0 heterocycles. The van der Waals surface area contributed by atoms with Crippen LogP contribution in [0.15, 0.2) is 30.3 Å². The fraction of sp³-hybridized carbons (Fsp3) is 0.556. The Labute approximate surface area is 163 Å². The molecule has 0 spiro atoms. The number of carbonyl (C=O) groups excluding carboxylic acids is 2. The molecule has 1 atom stereocenters. The van der Waals surface area contributed by atoms with Gasteiger partial charge >= 0.3 is 11.9 Å². The highest BCUT2D eigenvalue weighted by Crippen LogP contribution is 2.27. The van der Waals surface area contributed by atoms with Gasteiger partial charge in [0.15, 0.2) is 5.92 Å². The summed E-state index contributed by atoms with van der Waals surface area (Å²) in [5.41, 5.74) is 0.843. The van der Waals surface area contributed by atoms with Gasteiger partial charge in [0.25, 0.3) is 0 Å². The van der Waals surface area contributed by atoms with Crippen LogP contribution in [0.2, 0.25) is 0 Å². The van der Waals surface area contributed by atoms with Crippen molar-refractivity contribution in [2.75, 3.05) is 6.61 Å². The highest BCUT2D eigenvalue weighted by molar-refractivity contribution is 6.67. The maximum Gasteiger partial charge on any atom is 0.320 e. The summed E-state index contributed by atoms with van der Waals surface area (Å²) < 4.78 is 8.51. The molecule has 140 valence electrons. The lowest BCUT2D eigenvalue weighted by Crippen LogP contribution is -2.30. The summed E-state index contributed by atoms with van der Waals surface area (Å²) in [5.74, 6) is -2.34. The molecular weight excluding hydrogens is 387 g/mol. The SMILES string of the molecule is CCCCCCC(C(=O)OCc1ccccc1)C(=O)OCC(Cl)(Cl)Cl. The number of unbranched alkanes of at least 4 members (excludes halogenated alkanes) is 3. The Morgan fingerprint density at radius 3 is 2.24 bits per heavy atom. The first-order valence-corrected chi connectivity index (χ1v) is 9.41. The third-order valence-electron chi connectivity index (χ3n) is 3.52. The maximum absolute atomic E-state index is 12.3. The minimum absolute atomic E-state index is 0.100. The molecule has 1 unspecified atom stereocenters.